The minimum Gasteiger partial charge on any atom is -0.396 e. The average Bonchev–Trinajstić information content (AvgIpc) is 3.06. The molecule has 0 aliphatic rings. The largest absolute Gasteiger partial charge is 0.396 e. The molecular formula is C18H15Cl2N5O. The maximum absolute atomic E-state index is 12.0. The Kier molecular flexibility index (Phi) is 5.55. The molecule has 0 saturated carbocycles. The summed E-state index contributed by atoms with van der Waals surface area (Å²) in [6, 6.07) is 13.0. The fourth-order valence-electron chi connectivity index (χ4n) is 2.24. The maximum atomic E-state index is 12.0. The van der Waals surface area contributed by atoms with Gasteiger partial charge >= 0.3 is 0 Å². The summed E-state index contributed by atoms with van der Waals surface area (Å²) in [7, 11) is 0. The van der Waals surface area contributed by atoms with Crippen molar-refractivity contribution in [1.82, 2.24) is 15.0 Å². The number of benzene rings is 2. The molecule has 2 aromatic carbocycles. The maximum Gasteiger partial charge on any atom is 0.248 e. The van der Waals surface area contributed by atoms with Gasteiger partial charge in [0.2, 0.25) is 5.91 Å². The fourth-order valence-corrected chi connectivity index (χ4v) is 2.73. The summed E-state index contributed by atoms with van der Waals surface area (Å²) in [5, 5.41) is 11.3. The molecule has 3 aromatic rings. The van der Waals surface area contributed by atoms with Crippen LogP contribution in [0.5, 0.6) is 0 Å². The first-order chi connectivity index (χ1) is 12.5. The lowest BCUT2D eigenvalue weighted by Gasteiger charge is -2.06. The number of nitrogen functional groups attached to an aromatic ring is 1. The molecule has 1 amide bonds. The Morgan fingerprint density at radius 1 is 1.19 bits per heavy atom. The second-order valence-corrected chi connectivity index (χ2v) is 6.32. The van der Waals surface area contributed by atoms with Crippen LogP contribution >= 0.6 is 23.2 Å². The number of carbonyl (C=O) groups is 1. The summed E-state index contributed by atoms with van der Waals surface area (Å²) in [6.45, 7) is 0.607. The molecular weight excluding hydrogens is 373 g/mol. The van der Waals surface area contributed by atoms with Gasteiger partial charge in [-0.25, -0.2) is 4.68 Å². The summed E-state index contributed by atoms with van der Waals surface area (Å²) in [5.74, 6) is -0.348. The molecule has 6 nitrogen and oxygen atoms in total. The minimum atomic E-state index is -0.348. The minimum absolute atomic E-state index is 0.275. The zero-order chi connectivity index (χ0) is 18.5. The standard InChI is InChI=1S/C18H15Cl2N5O/c19-15-8-14(9-16(20)18(15)21)22-17(26)7-6-13-11-25(24-23-13)10-12-4-2-1-3-5-12/h1-9,11H,10,21H2,(H,22,26). The third-order valence-electron chi connectivity index (χ3n) is 3.50. The topological polar surface area (TPSA) is 85.8 Å². The summed E-state index contributed by atoms with van der Waals surface area (Å²) in [4.78, 5) is 12.0. The number of halogens is 2. The molecule has 0 aliphatic carbocycles. The molecule has 1 aromatic heterocycles. The van der Waals surface area contributed by atoms with Crippen LogP contribution in [0.15, 0.2) is 54.7 Å². The second kappa shape index (κ2) is 8.03. The molecule has 0 fully saturated rings. The van der Waals surface area contributed by atoms with Gasteiger partial charge in [-0.05, 0) is 23.8 Å². The fraction of sp³-hybridized carbons (Fsp3) is 0.0556. The Balaban J connectivity index is 1.62. The molecule has 0 saturated heterocycles. The van der Waals surface area contributed by atoms with E-state index in [0.29, 0.717) is 17.9 Å². The van der Waals surface area contributed by atoms with Crippen molar-refractivity contribution in [3.63, 3.8) is 0 Å². The first-order valence-electron chi connectivity index (χ1n) is 7.69. The van der Waals surface area contributed by atoms with Crippen LogP contribution in [-0.2, 0) is 11.3 Å². The molecule has 132 valence electrons. The van der Waals surface area contributed by atoms with Gasteiger partial charge in [-0.15, -0.1) is 5.10 Å². The number of nitrogens with two attached hydrogens (primary N) is 1. The Morgan fingerprint density at radius 3 is 2.58 bits per heavy atom. The van der Waals surface area contributed by atoms with Crippen molar-refractivity contribution in [3.8, 4) is 0 Å². The van der Waals surface area contributed by atoms with E-state index in [-0.39, 0.29) is 21.6 Å². The molecule has 0 aliphatic heterocycles. The van der Waals surface area contributed by atoms with E-state index in [0.717, 1.165) is 5.56 Å². The van der Waals surface area contributed by atoms with Gasteiger partial charge in [0, 0.05) is 11.8 Å². The van der Waals surface area contributed by atoms with Gasteiger partial charge in [-0.3, -0.25) is 4.79 Å². The number of amides is 1. The van der Waals surface area contributed by atoms with Gasteiger partial charge in [-0.2, -0.15) is 0 Å². The van der Waals surface area contributed by atoms with Crippen LogP contribution in [0.25, 0.3) is 6.08 Å². The van der Waals surface area contributed by atoms with Crippen molar-refractivity contribution in [1.29, 1.82) is 0 Å². The van der Waals surface area contributed by atoms with E-state index < -0.39 is 0 Å². The van der Waals surface area contributed by atoms with Gasteiger partial charge in [0.05, 0.1) is 28.5 Å². The molecule has 3 N–H and O–H groups in total. The zero-order valence-corrected chi connectivity index (χ0v) is 15.1. The highest BCUT2D eigenvalue weighted by Crippen LogP contribution is 2.31. The predicted molar refractivity (Wildman–Crippen MR) is 104 cm³/mol. The number of rotatable bonds is 5. The number of anilines is 2. The van der Waals surface area contributed by atoms with E-state index in [9.17, 15) is 4.79 Å². The van der Waals surface area contributed by atoms with Crippen molar-refractivity contribution < 1.29 is 4.79 Å². The first kappa shape index (κ1) is 18.0. The van der Waals surface area contributed by atoms with Crippen molar-refractivity contribution in [3.05, 3.63) is 76.0 Å². The van der Waals surface area contributed by atoms with Crippen LogP contribution in [0.3, 0.4) is 0 Å². The quantitative estimate of drug-likeness (QED) is 0.513. The average molecular weight is 388 g/mol. The molecule has 0 atom stereocenters. The zero-order valence-electron chi connectivity index (χ0n) is 13.6. The Morgan fingerprint density at radius 2 is 1.88 bits per heavy atom. The lowest BCUT2D eigenvalue weighted by atomic mass is 10.2. The smallest absolute Gasteiger partial charge is 0.248 e. The highest BCUT2D eigenvalue weighted by atomic mass is 35.5. The number of hydrogen-bond donors (Lipinski definition) is 2. The molecule has 0 radical (unpaired) electrons. The van der Waals surface area contributed by atoms with Crippen LogP contribution in [0.1, 0.15) is 11.3 Å². The second-order valence-electron chi connectivity index (χ2n) is 5.50. The van der Waals surface area contributed by atoms with E-state index in [1.807, 2.05) is 30.3 Å². The third kappa shape index (κ3) is 4.62. The Bertz CT molecular complexity index is 930. The summed E-state index contributed by atoms with van der Waals surface area (Å²) < 4.78 is 1.70. The van der Waals surface area contributed by atoms with E-state index in [1.165, 1.54) is 18.2 Å². The Hall–Kier alpha value is -2.83. The number of carbonyl (C=O) groups excluding carboxylic acids is 1. The van der Waals surface area contributed by atoms with Crippen LogP contribution < -0.4 is 11.1 Å². The lowest BCUT2D eigenvalue weighted by molar-refractivity contribution is -0.111. The molecule has 0 unspecified atom stereocenters. The van der Waals surface area contributed by atoms with E-state index in [1.54, 1.807) is 17.0 Å². The normalized spacial score (nSPS) is 11.0. The van der Waals surface area contributed by atoms with Gasteiger partial charge in [0.25, 0.3) is 0 Å². The van der Waals surface area contributed by atoms with E-state index in [4.69, 9.17) is 28.9 Å². The highest BCUT2D eigenvalue weighted by Gasteiger charge is 2.06. The van der Waals surface area contributed by atoms with Crippen LogP contribution in [-0.4, -0.2) is 20.9 Å². The monoisotopic (exact) mass is 387 g/mol. The van der Waals surface area contributed by atoms with E-state index >= 15 is 0 Å². The van der Waals surface area contributed by atoms with Gasteiger partial charge in [0.15, 0.2) is 0 Å². The number of nitrogens with zero attached hydrogens (tertiary/aromatic N) is 3. The lowest BCUT2D eigenvalue weighted by Crippen LogP contribution is -2.08. The summed E-state index contributed by atoms with van der Waals surface area (Å²) in [6.07, 6.45) is 4.69. The third-order valence-corrected chi connectivity index (χ3v) is 4.12. The molecule has 0 spiro atoms. The van der Waals surface area contributed by atoms with Crippen molar-refractivity contribution in [2.24, 2.45) is 0 Å². The van der Waals surface area contributed by atoms with Crippen molar-refractivity contribution >= 4 is 46.6 Å². The predicted octanol–water partition coefficient (Wildman–Crippen LogP) is 3.87. The van der Waals surface area contributed by atoms with Crippen molar-refractivity contribution in [2.45, 2.75) is 6.54 Å². The number of hydrogen-bond acceptors (Lipinski definition) is 4. The number of nitrogens with one attached hydrogen (secondary N) is 1. The van der Waals surface area contributed by atoms with Crippen LogP contribution in [0, 0.1) is 0 Å². The molecule has 26 heavy (non-hydrogen) atoms. The van der Waals surface area contributed by atoms with Crippen LogP contribution in [0.4, 0.5) is 11.4 Å². The van der Waals surface area contributed by atoms with Gasteiger partial charge in [0.1, 0.15) is 5.69 Å². The molecule has 0 bridgehead atoms. The van der Waals surface area contributed by atoms with Crippen molar-refractivity contribution in [2.75, 3.05) is 11.1 Å². The van der Waals surface area contributed by atoms with Crippen LogP contribution in [0.2, 0.25) is 10.0 Å². The van der Waals surface area contributed by atoms with E-state index in [2.05, 4.69) is 15.6 Å². The Labute approximate surface area is 160 Å². The van der Waals surface area contributed by atoms with Gasteiger partial charge in [-0.1, -0.05) is 58.7 Å². The highest BCUT2D eigenvalue weighted by molar-refractivity contribution is 6.39. The molecule has 8 heteroatoms. The first-order valence-corrected chi connectivity index (χ1v) is 8.44. The number of aromatic nitrogens is 3. The molecule has 1 heterocycles. The summed E-state index contributed by atoms with van der Waals surface area (Å²) in [5.41, 5.74) is 8.08. The van der Waals surface area contributed by atoms with Gasteiger partial charge < -0.3 is 11.1 Å². The SMILES string of the molecule is Nc1c(Cl)cc(NC(=O)C=Cc2cn(Cc3ccccc3)nn2)cc1Cl. The summed E-state index contributed by atoms with van der Waals surface area (Å²) >= 11 is 11.9. The molecule has 3 rings (SSSR count).